The highest BCUT2D eigenvalue weighted by Gasteiger charge is 2.42. The topological polar surface area (TPSA) is 94.8 Å². The van der Waals surface area contributed by atoms with Crippen molar-refractivity contribution in [1.29, 1.82) is 0 Å². The highest BCUT2D eigenvalue weighted by atomic mass is 16.4. The molecule has 0 radical (unpaired) electrons. The summed E-state index contributed by atoms with van der Waals surface area (Å²) in [5.41, 5.74) is -2.05. The Morgan fingerprint density at radius 1 is 0.897 bits per heavy atom. The zero-order valence-corrected chi connectivity index (χ0v) is 18.8. The van der Waals surface area contributed by atoms with Crippen LogP contribution in [0.3, 0.4) is 0 Å². The standard InChI is InChI=1S/C23H41NO5/c1-5-6-7-8-9-10-11-12-13-14-15-16-20(25)17-21(26)23(29,18-22(27)28)19-24(2,3)4/h15-17,29H,5-14,18-19H2,1-4H3,(H-,25,26,27,28)/p+1. The Bertz CT molecular complexity index is 548. The largest absolute Gasteiger partial charge is 0.508 e. The van der Waals surface area contributed by atoms with Crippen molar-refractivity contribution in [1.82, 2.24) is 0 Å². The van der Waals surface area contributed by atoms with Gasteiger partial charge in [-0.25, -0.2) is 0 Å². The minimum absolute atomic E-state index is 0.0654. The highest BCUT2D eigenvalue weighted by Crippen LogP contribution is 2.18. The number of aliphatic hydroxyl groups is 2. The average Bonchev–Trinajstić information content (AvgIpc) is 2.57. The normalized spacial score (nSPS) is 14.9. The molecule has 1 unspecified atom stereocenters. The number of aliphatic hydroxyl groups excluding tert-OH is 1. The molecule has 0 heterocycles. The number of hydrogen-bond donors (Lipinski definition) is 3. The maximum Gasteiger partial charge on any atom is 0.307 e. The molecule has 0 aromatic carbocycles. The van der Waals surface area contributed by atoms with Gasteiger partial charge in [-0.15, -0.1) is 0 Å². The summed E-state index contributed by atoms with van der Waals surface area (Å²) in [4.78, 5) is 23.5. The fourth-order valence-corrected chi connectivity index (χ4v) is 3.35. The molecule has 0 rings (SSSR count). The Kier molecular flexibility index (Phi) is 13.5. The van der Waals surface area contributed by atoms with Crippen LogP contribution in [0.2, 0.25) is 0 Å². The molecule has 0 aliphatic carbocycles. The number of rotatable bonds is 17. The van der Waals surface area contributed by atoms with Crippen LogP contribution in [-0.2, 0) is 9.59 Å². The fourth-order valence-electron chi connectivity index (χ4n) is 3.35. The van der Waals surface area contributed by atoms with Crippen molar-refractivity contribution >= 4 is 11.8 Å². The number of carboxylic acids is 1. The lowest BCUT2D eigenvalue weighted by Gasteiger charge is -2.33. The molecule has 6 nitrogen and oxygen atoms in total. The molecule has 29 heavy (non-hydrogen) atoms. The molecule has 3 N–H and O–H groups in total. The fraction of sp³-hybridized carbons (Fsp3) is 0.739. The number of ketones is 1. The zero-order valence-electron chi connectivity index (χ0n) is 18.8. The molecule has 168 valence electrons. The van der Waals surface area contributed by atoms with Crippen LogP contribution in [0.4, 0.5) is 0 Å². The van der Waals surface area contributed by atoms with Crippen molar-refractivity contribution < 1.29 is 29.4 Å². The van der Waals surface area contributed by atoms with Gasteiger partial charge in [-0.2, -0.15) is 0 Å². The first-order valence-electron chi connectivity index (χ1n) is 10.9. The minimum Gasteiger partial charge on any atom is -0.508 e. The van der Waals surface area contributed by atoms with Gasteiger partial charge in [0.15, 0.2) is 11.4 Å². The molecule has 0 aromatic rings. The quantitative estimate of drug-likeness (QED) is 0.108. The lowest BCUT2D eigenvalue weighted by molar-refractivity contribution is -0.875. The lowest BCUT2D eigenvalue weighted by Crippen LogP contribution is -2.54. The number of carbonyl (C=O) groups is 2. The van der Waals surface area contributed by atoms with Gasteiger partial charge in [-0.3, -0.25) is 9.59 Å². The second-order valence-corrected chi connectivity index (χ2v) is 9.00. The summed E-state index contributed by atoms with van der Waals surface area (Å²) in [6, 6.07) is 0. The lowest BCUT2D eigenvalue weighted by atomic mass is 9.92. The molecule has 0 saturated heterocycles. The van der Waals surface area contributed by atoms with Crippen LogP contribution in [0.1, 0.15) is 77.6 Å². The number of likely N-dealkylation sites (N-methyl/N-ethyl adjacent to an activating group) is 1. The summed E-state index contributed by atoms with van der Waals surface area (Å²) >= 11 is 0. The number of nitrogens with zero attached hydrogens (tertiary/aromatic N) is 1. The van der Waals surface area contributed by atoms with Crippen molar-refractivity contribution in [2.75, 3.05) is 27.7 Å². The number of aliphatic carboxylic acids is 1. The minimum atomic E-state index is -2.05. The number of quaternary nitrogens is 1. The van der Waals surface area contributed by atoms with E-state index in [1.165, 1.54) is 51.0 Å². The second-order valence-electron chi connectivity index (χ2n) is 9.00. The summed E-state index contributed by atoms with van der Waals surface area (Å²) in [7, 11) is 5.28. The van der Waals surface area contributed by atoms with Crippen LogP contribution in [0.5, 0.6) is 0 Å². The second kappa shape index (κ2) is 14.3. The Balaban J connectivity index is 4.39. The maximum absolute atomic E-state index is 12.4. The molecule has 0 aliphatic rings. The average molecular weight is 413 g/mol. The van der Waals surface area contributed by atoms with E-state index in [0.29, 0.717) is 0 Å². The summed E-state index contributed by atoms with van der Waals surface area (Å²) in [6.45, 7) is 2.15. The summed E-state index contributed by atoms with van der Waals surface area (Å²) < 4.78 is 0.221. The van der Waals surface area contributed by atoms with Crippen molar-refractivity contribution in [3.63, 3.8) is 0 Å². The third-order valence-electron chi connectivity index (χ3n) is 4.68. The van der Waals surface area contributed by atoms with Crippen LogP contribution in [0, 0.1) is 0 Å². The summed E-state index contributed by atoms with van der Waals surface area (Å²) in [5.74, 6) is -2.32. The van der Waals surface area contributed by atoms with Gasteiger partial charge in [0.05, 0.1) is 27.6 Å². The zero-order chi connectivity index (χ0) is 22.3. The van der Waals surface area contributed by atoms with E-state index in [0.717, 1.165) is 25.3 Å². The van der Waals surface area contributed by atoms with E-state index in [2.05, 4.69) is 6.92 Å². The van der Waals surface area contributed by atoms with Crippen molar-refractivity contribution in [3.8, 4) is 0 Å². The molecular formula is C23H42NO5+. The van der Waals surface area contributed by atoms with E-state index in [-0.39, 0.29) is 16.8 Å². The molecule has 6 heteroatoms. The Labute approximate surface area is 176 Å². The summed E-state index contributed by atoms with van der Waals surface area (Å²) in [6.07, 6.45) is 15.5. The Morgan fingerprint density at radius 3 is 1.90 bits per heavy atom. The van der Waals surface area contributed by atoms with E-state index < -0.39 is 23.8 Å². The third kappa shape index (κ3) is 14.9. The van der Waals surface area contributed by atoms with Gasteiger partial charge < -0.3 is 19.8 Å². The molecule has 0 amide bonds. The smallest absolute Gasteiger partial charge is 0.307 e. The molecule has 0 fully saturated rings. The highest BCUT2D eigenvalue weighted by molar-refractivity contribution is 5.99. The van der Waals surface area contributed by atoms with Crippen molar-refractivity contribution in [2.45, 2.75) is 83.2 Å². The number of hydrogen-bond acceptors (Lipinski definition) is 4. The first-order chi connectivity index (χ1) is 13.5. The third-order valence-corrected chi connectivity index (χ3v) is 4.68. The predicted octanol–water partition coefficient (Wildman–Crippen LogP) is 4.39. The van der Waals surface area contributed by atoms with Crippen LogP contribution in [0.15, 0.2) is 24.0 Å². The molecule has 1 atom stereocenters. The molecular weight excluding hydrogens is 370 g/mol. The number of allylic oxidation sites excluding steroid dienone is 2. The van der Waals surface area contributed by atoms with Gasteiger partial charge in [-0.05, 0) is 18.9 Å². The van der Waals surface area contributed by atoms with Crippen molar-refractivity contribution in [2.24, 2.45) is 0 Å². The van der Waals surface area contributed by atoms with E-state index in [1.807, 2.05) is 0 Å². The van der Waals surface area contributed by atoms with Gasteiger partial charge in [0, 0.05) is 6.08 Å². The van der Waals surface area contributed by atoms with Crippen LogP contribution < -0.4 is 0 Å². The van der Waals surface area contributed by atoms with Crippen LogP contribution in [-0.4, -0.2) is 64.8 Å². The molecule has 0 bridgehead atoms. The first kappa shape index (κ1) is 27.3. The Morgan fingerprint density at radius 2 is 1.41 bits per heavy atom. The number of unbranched alkanes of at least 4 members (excludes halogenated alkanes) is 9. The summed E-state index contributed by atoms with van der Waals surface area (Å²) in [5, 5.41) is 29.5. The predicted molar refractivity (Wildman–Crippen MR) is 117 cm³/mol. The number of carbonyl (C=O) groups excluding carboxylic acids is 1. The van der Waals surface area contributed by atoms with Gasteiger partial charge in [-0.1, -0.05) is 64.4 Å². The van der Waals surface area contributed by atoms with E-state index in [9.17, 15) is 19.8 Å². The SMILES string of the molecule is CCCCCCCCCCCC=CC(O)=CC(=O)C(O)(CC(=O)O)C[N+](C)(C)C. The van der Waals surface area contributed by atoms with Crippen LogP contribution in [0.25, 0.3) is 0 Å². The van der Waals surface area contributed by atoms with Crippen LogP contribution >= 0.6 is 0 Å². The van der Waals surface area contributed by atoms with Crippen molar-refractivity contribution in [3.05, 3.63) is 24.0 Å². The van der Waals surface area contributed by atoms with Gasteiger partial charge in [0.25, 0.3) is 0 Å². The number of carboxylic acid groups (broad SMARTS) is 1. The first-order valence-corrected chi connectivity index (χ1v) is 10.9. The van der Waals surface area contributed by atoms with Gasteiger partial charge in [0.2, 0.25) is 0 Å². The van der Waals surface area contributed by atoms with Gasteiger partial charge in [0.1, 0.15) is 12.3 Å². The Hall–Kier alpha value is -1.66. The van der Waals surface area contributed by atoms with E-state index in [1.54, 1.807) is 27.2 Å². The maximum atomic E-state index is 12.4. The van der Waals surface area contributed by atoms with E-state index >= 15 is 0 Å². The van der Waals surface area contributed by atoms with E-state index in [4.69, 9.17) is 5.11 Å². The molecule has 0 aromatic heterocycles. The molecule has 0 saturated carbocycles. The van der Waals surface area contributed by atoms with Gasteiger partial charge >= 0.3 is 5.97 Å². The molecule has 0 spiro atoms. The molecule has 0 aliphatic heterocycles. The monoisotopic (exact) mass is 412 g/mol.